The number of hydrogen-bond acceptors (Lipinski definition) is 8. The van der Waals surface area contributed by atoms with Gasteiger partial charge < -0.3 is 19.7 Å². The summed E-state index contributed by atoms with van der Waals surface area (Å²) in [6.45, 7) is 2.47. The number of ether oxygens (including phenoxy) is 2. The van der Waals surface area contributed by atoms with Gasteiger partial charge in [0.2, 0.25) is 11.8 Å². The number of aromatic nitrogens is 4. The van der Waals surface area contributed by atoms with Crippen LogP contribution in [0.5, 0.6) is 11.6 Å². The normalized spacial score (nSPS) is 24.3. The molecule has 2 aliphatic carbocycles. The number of fused-ring (bicyclic) bond motifs is 1. The van der Waals surface area contributed by atoms with Gasteiger partial charge in [0.15, 0.2) is 0 Å². The van der Waals surface area contributed by atoms with Crippen LogP contribution < -0.4 is 19.7 Å². The first kappa shape index (κ1) is 25.3. The summed E-state index contributed by atoms with van der Waals surface area (Å²) in [6, 6.07) is 12.5. The number of nitrogens with zero attached hydrogens (tertiary/aromatic N) is 6. The first-order valence-electron chi connectivity index (χ1n) is 14.1. The molecule has 2 unspecified atom stereocenters. The number of anilines is 2. The first-order chi connectivity index (χ1) is 20.0. The molecule has 4 aromatic heterocycles. The van der Waals surface area contributed by atoms with Gasteiger partial charge in [-0.25, -0.2) is 14.5 Å². The molecule has 0 radical (unpaired) electrons. The summed E-state index contributed by atoms with van der Waals surface area (Å²) in [5, 5.41) is 17.2. The molecular weight excluding hydrogens is 518 g/mol. The summed E-state index contributed by atoms with van der Waals surface area (Å²) in [5.41, 5.74) is 3.32. The monoisotopic (exact) mass is 549 g/mol. The third-order valence-electron chi connectivity index (χ3n) is 8.96. The number of methoxy groups -OCH3 is 1. The Bertz CT molecular complexity index is 1640. The Balaban J connectivity index is 1.15. The van der Waals surface area contributed by atoms with Crippen molar-refractivity contribution in [3.63, 3.8) is 0 Å². The number of carbonyl (C=O) groups excluding carboxylic acids is 1. The zero-order valence-electron chi connectivity index (χ0n) is 23.1. The fourth-order valence-electron chi connectivity index (χ4n) is 7.46. The van der Waals surface area contributed by atoms with Gasteiger partial charge in [-0.1, -0.05) is 0 Å². The highest BCUT2D eigenvalue weighted by Gasteiger charge is 2.58. The summed E-state index contributed by atoms with van der Waals surface area (Å²) in [6.07, 6.45) is 11.6. The Hall–Kier alpha value is -4.65. The van der Waals surface area contributed by atoms with E-state index in [1.54, 1.807) is 36.3 Å². The molecule has 208 valence electrons. The average molecular weight is 550 g/mol. The van der Waals surface area contributed by atoms with Crippen molar-refractivity contribution in [2.45, 2.75) is 51.1 Å². The number of hydrogen-bond donors (Lipinski definition) is 1. The Labute approximate surface area is 237 Å². The molecule has 0 aromatic carbocycles. The van der Waals surface area contributed by atoms with E-state index in [1.807, 2.05) is 25.3 Å². The molecule has 1 N–H and O–H groups in total. The maximum Gasteiger partial charge on any atom is 0.230 e. The third kappa shape index (κ3) is 4.24. The number of pyridine rings is 3. The van der Waals surface area contributed by atoms with Crippen LogP contribution >= 0.6 is 0 Å². The highest BCUT2D eigenvalue weighted by molar-refractivity contribution is 5.96. The minimum Gasteiger partial charge on any atom is -0.492 e. The summed E-state index contributed by atoms with van der Waals surface area (Å²) in [7, 11) is 1.58. The lowest BCUT2D eigenvalue weighted by Gasteiger charge is -2.61. The van der Waals surface area contributed by atoms with Gasteiger partial charge in [-0.05, 0) is 69.2 Å². The SMILES string of the molecule is CCOc1cc(-c2ccc(N3[C@@H]4CC5C[C@H]3CC(C(=O)Nc3ccc(OC)nc3)(C5)C4)nc2)c2c(C#N)cnn2c1. The molecule has 6 heterocycles. The zero-order valence-corrected chi connectivity index (χ0v) is 23.1. The lowest BCUT2D eigenvalue weighted by Crippen LogP contribution is -2.64. The molecule has 1 amide bonds. The lowest BCUT2D eigenvalue weighted by molar-refractivity contribution is -0.134. The van der Waals surface area contributed by atoms with E-state index in [0.29, 0.717) is 35.4 Å². The maximum atomic E-state index is 13.6. The van der Waals surface area contributed by atoms with E-state index in [2.05, 4.69) is 38.5 Å². The summed E-state index contributed by atoms with van der Waals surface area (Å²) in [4.78, 5) is 25.2. The van der Waals surface area contributed by atoms with Gasteiger partial charge in [0.05, 0.1) is 54.5 Å². The van der Waals surface area contributed by atoms with Gasteiger partial charge in [0.25, 0.3) is 0 Å². The minimum atomic E-state index is -0.367. The van der Waals surface area contributed by atoms with Gasteiger partial charge in [0.1, 0.15) is 17.6 Å². The highest BCUT2D eigenvalue weighted by atomic mass is 16.5. The molecule has 10 nitrogen and oxygen atoms in total. The molecular formula is C31H31N7O3. The second-order valence-electron chi connectivity index (χ2n) is 11.4. The number of amides is 1. The van der Waals surface area contributed by atoms with Crippen molar-refractivity contribution in [2.75, 3.05) is 23.9 Å². The van der Waals surface area contributed by atoms with Crippen LogP contribution in [0.25, 0.3) is 16.6 Å². The molecule has 4 aliphatic rings. The van der Waals surface area contributed by atoms with Gasteiger partial charge >= 0.3 is 0 Å². The maximum absolute atomic E-state index is 13.6. The number of nitrogens with one attached hydrogen (secondary N) is 1. The standard InChI is InChI=1S/C31H31N7O3/c1-3-41-25-10-26(29-21(14-32)16-35-37(29)18-25)20-4-6-27(33-15-20)38-23-8-19-9-24(38)13-31(11-19,12-23)30(39)36-22-5-7-28(40-2)34-17-22/h4-7,10,15-19,23-24H,3,8-9,11-13H2,1-2H3,(H,36,39)/t19?,23-,24+,31?. The number of rotatable bonds is 7. The second-order valence-corrected chi connectivity index (χ2v) is 11.4. The van der Waals surface area contributed by atoms with Crippen molar-refractivity contribution in [1.82, 2.24) is 19.6 Å². The van der Waals surface area contributed by atoms with Crippen molar-refractivity contribution in [2.24, 2.45) is 11.3 Å². The average Bonchev–Trinajstić information content (AvgIpc) is 3.40. The minimum absolute atomic E-state index is 0.0964. The van der Waals surface area contributed by atoms with Gasteiger partial charge in [-0.15, -0.1) is 0 Å². The Morgan fingerprint density at radius 2 is 1.95 bits per heavy atom. The van der Waals surface area contributed by atoms with Crippen LogP contribution in [0.2, 0.25) is 0 Å². The highest BCUT2D eigenvalue weighted by Crippen LogP contribution is 2.57. The number of carbonyl (C=O) groups is 1. The first-order valence-corrected chi connectivity index (χ1v) is 14.1. The number of piperidine rings is 2. The van der Waals surface area contributed by atoms with Gasteiger partial charge in [-0.3, -0.25) is 4.79 Å². The van der Waals surface area contributed by atoms with E-state index in [1.165, 1.54) is 0 Å². The van der Waals surface area contributed by atoms with E-state index < -0.39 is 0 Å². The van der Waals surface area contributed by atoms with Crippen LogP contribution in [0, 0.1) is 22.7 Å². The van der Waals surface area contributed by atoms with E-state index in [9.17, 15) is 10.1 Å². The zero-order chi connectivity index (χ0) is 28.1. The predicted octanol–water partition coefficient (Wildman–Crippen LogP) is 4.85. The van der Waals surface area contributed by atoms with Crippen LogP contribution in [0.15, 0.2) is 55.1 Å². The van der Waals surface area contributed by atoms with E-state index in [-0.39, 0.29) is 23.4 Å². The van der Waals surface area contributed by atoms with Crippen molar-refractivity contribution < 1.29 is 14.3 Å². The van der Waals surface area contributed by atoms with Gasteiger partial charge in [-0.2, -0.15) is 10.4 Å². The van der Waals surface area contributed by atoms with Crippen LogP contribution in [0.4, 0.5) is 11.5 Å². The summed E-state index contributed by atoms with van der Waals surface area (Å²) < 4.78 is 12.6. The van der Waals surface area contributed by atoms with Crippen molar-refractivity contribution in [3.8, 4) is 28.8 Å². The molecule has 41 heavy (non-hydrogen) atoms. The molecule has 4 bridgehead atoms. The molecule has 4 atom stereocenters. The molecule has 2 saturated heterocycles. The molecule has 4 fully saturated rings. The quantitative estimate of drug-likeness (QED) is 0.348. The molecule has 2 aliphatic heterocycles. The predicted molar refractivity (Wildman–Crippen MR) is 153 cm³/mol. The molecule has 8 rings (SSSR count). The Morgan fingerprint density at radius 1 is 1.12 bits per heavy atom. The summed E-state index contributed by atoms with van der Waals surface area (Å²) >= 11 is 0. The molecule has 10 heteroatoms. The Morgan fingerprint density at radius 3 is 2.61 bits per heavy atom. The fraction of sp³-hybridized carbons (Fsp3) is 0.387. The fourth-order valence-corrected chi connectivity index (χ4v) is 7.46. The van der Waals surface area contributed by atoms with Crippen molar-refractivity contribution in [1.29, 1.82) is 5.26 Å². The lowest BCUT2D eigenvalue weighted by atomic mass is 9.55. The van der Waals surface area contributed by atoms with Crippen molar-refractivity contribution in [3.05, 3.63) is 60.7 Å². The Kier molecular flexibility index (Phi) is 6.03. The topological polar surface area (TPSA) is 118 Å². The third-order valence-corrected chi connectivity index (χ3v) is 8.96. The molecule has 4 aromatic rings. The van der Waals surface area contributed by atoms with E-state index in [4.69, 9.17) is 14.5 Å². The molecule has 2 saturated carbocycles. The van der Waals surface area contributed by atoms with Crippen LogP contribution in [-0.4, -0.2) is 51.3 Å². The van der Waals surface area contributed by atoms with Gasteiger partial charge in [0, 0.05) is 35.5 Å². The largest absolute Gasteiger partial charge is 0.492 e. The van der Waals surface area contributed by atoms with Crippen molar-refractivity contribution >= 4 is 22.9 Å². The molecule has 0 spiro atoms. The summed E-state index contributed by atoms with van der Waals surface area (Å²) in [5.74, 6) is 2.78. The number of nitriles is 1. The van der Waals surface area contributed by atoms with E-state index >= 15 is 0 Å². The van der Waals surface area contributed by atoms with Crippen LogP contribution in [0.1, 0.15) is 44.6 Å². The van der Waals surface area contributed by atoms with Crippen LogP contribution in [-0.2, 0) is 4.79 Å². The smallest absolute Gasteiger partial charge is 0.230 e. The van der Waals surface area contributed by atoms with Crippen LogP contribution in [0.3, 0.4) is 0 Å². The second kappa shape index (κ2) is 9.77. The van der Waals surface area contributed by atoms with E-state index in [0.717, 1.165) is 54.6 Å².